The van der Waals surface area contributed by atoms with Gasteiger partial charge in [-0.05, 0) is 70.5 Å². The fourth-order valence-corrected chi connectivity index (χ4v) is 4.76. The number of amides is 1. The molecule has 0 spiro atoms. The molecule has 0 saturated carbocycles. The largest absolute Gasteiger partial charge is 0.322 e. The molecule has 0 aliphatic heterocycles. The van der Waals surface area contributed by atoms with Crippen molar-refractivity contribution in [2.75, 3.05) is 5.32 Å². The number of hydrogen-bond acceptors (Lipinski definition) is 3. The van der Waals surface area contributed by atoms with Gasteiger partial charge in [0, 0.05) is 23.4 Å². The Hall–Kier alpha value is -5.03. The summed E-state index contributed by atoms with van der Waals surface area (Å²) in [7, 11) is 0. The van der Waals surface area contributed by atoms with Gasteiger partial charge >= 0.3 is 0 Å². The van der Waals surface area contributed by atoms with Crippen molar-refractivity contribution in [3.8, 4) is 11.4 Å². The highest BCUT2D eigenvalue weighted by Crippen LogP contribution is 2.27. The predicted molar refractivity (Wildman–Crippen MR) is 174 cm³/mol. The van der Waals surface area contributed by atoms with Crippen LogP contribution >= 0.6 is 0 Å². The zero-order valence-electron chi connectivity index (χ0n) is 24.4. The van der Waals surface area contributed by atoms with Gasteiger partial charge < -0.3 is 5.32 Å². The summed E-state index contributed by atoms with van der Waals surface area (Å²) in [5.41, 5.74) is 7.20. The van der Waals surface area contributed by atoms with Gasteiger partial charge in [0.05, 0.1) is 11.0 Å². The van der Waals surface area contributed by atoms with Gasteiger partial charge in [-0.2, -0.15) is 0 Å². The Labute approximate surface area is 247 Å². The molecule has 0 fully saturated rings. The second-order valence-electron chi connectivity index (χ2n) is 11.0. The molecule has 0 unspecified atom stereocenters. The quantitative estimate of drug-likeness (QED) is 0.195. The minimum Gasteiger partial charge on any atom is -0.322 e. The van der Waals surface area contributed by atoms with E-state index in [0.717, 1.165) is 27.7 Å². The standard InChI is InChI=1S/C37H35N3O2/c1-25(2)29-18-12-27(13-19-29)16-22-35(41)38-32-9-7-8-31(24-32)37-39-33-10-5-6-11-34(33)40(37)36(42)23-17-28-14-20-30(21-15-28)26(3)4/h5-26H,1-4H3,(H,38,41)/b22-16+,23-17-. The number of anilines is 1. The molecule has 0 aliphatic carbocycles. The Morgan fingerprint density at radius 1 is 0.714 bits per heavy atom. The van der Waals surface area contributed by atoms with Crippen molar-refractivity contribution in [1.82, 2.24) is 9.55 Å². The van der Waals surface area contributed by atoms with E-state index in [2.05, 4.69) is 57.3 Å². The number of imidazole rings is 1. The number of carbonyl (C=O) groups excluding carboxylic acids is 2. The molecular formula is C37H35N3O2. The maximum absolute atomic E-state index is 13.6. The van der Waals surface area contributed by atoms with Gasteiger partial charge in [-0.3, -0.25) is 14.2 Å². The van der Waals surface area contributed by atoms with E-state index in [4.69, 9.17) is 4.98 Å². The van der Waals surface area contributed by atoms with Crippen molar-refractivity contribution in [2.45, 2.75) is 39.5 Å². The highest BCUT2D eigenvalue weighted by molar-refractivity contribution is 6.04. The van der Waals surface area contributed by atoms with Crippen LogP contribution in [0.2, 0.25) is 0 Å². The second kappa shape index (κ2) is 12.6. The van der Waals surface area contributed by atoms with E-state index in [9.17, 15) is 9.59 Å². The summed E-state index contributed by atoms with van der Waals surface area (Å²) < 4.78 is 1.62. The van der Waals surface area contributed by atoms with Crippen LogP contribution in [0.15, 0.2) is 109 Å². The number of benzene rings is 4. The molecule has 1 N–H and O–H groups in total. The maximum atomic E-state index is 13.6. The van der Waals surface area contributed by atoms with Crippen molar-refractivity contribution in [3.63, 3.8) is 0 Å². The third-order valence-corrected chi connectivity index (χ3v) is 7.22. The zero-order chi connectivity index (χ0) is 29.6. The van der Waals surface area contributed by atoms with E-state index in [1.165, 1.54) is 17.2 Å². The molecular weight excluding hydrogens is 518 g/mol. The number of nitrogens with zero attached hydrogens (tertiary/aromatic N) is 2. The van der Waals surface area contributed by atoms with Gasteiger partial charge in [-0.25, -0.2) is 4.98 Å². The lowest BCUT2D eigenvalue weighted by Crippen LogP contribution is -2.10. The molecule has 5 nitrogen and oxygen atoms in total. The van der Waals surface area contributed by atoms with Gasteiger partial charge in [-0.1, -0.05) is 100 Å². The molecule has 5 heteroatoms. The third-order valence-electron chi connectivity index (χ3n) is 7.22. The van der Waals surface area contributed by atoms with Crippen LogP contribution < -0.4 is 5.32 Å². The van der Waals surface area contributed by atoms with Crippen LogP contribution in [0.5, 0.6) is 0 Å². The normalized spacial score (nSPS) is 11.8. The fraction of sp³-hybridized carbons (Fsp3) is 0.162. The lowest BCUT2D eigenvalue weighted by atomic mass is 10.0. The molecule has 1 aromatic heterocycles. The van der Waals surface area contributed by atoms with Gasteiger partial charge in [0.25, 0.3) is 5.91 Å². The molecule has 1 heterocycles. The Kier molecular flexibility index (Phi) is 8.58. The number of hydrogen-bond donors (Lipinski definition) is 1. The SMILES string of the molecule is CC(C)c1ccc(/C=C\C(=O)n2c(-c3cccc(NC(=O)/C=C/c4ccc(C(C)C)cc4)c3)nc3ccccc32)cc1. The summed E-state index contributed by atoms with van der Waals surface area (Å²) >= 11 is 0. The molecule has 1 amide bonds. The van der Waals surface area contributed by atoms with Crippen molar-refractivity contribution in [1.29, 1.82) is 0 Å². The van der Waals surface area contributed by atoms with E-state index in [-0.39, 0.29) is 11.8 Å². The van der Waals surface area contributed by atoms with Crippen LogP contribution in [0.1, 0.15) is 66.6 Å². The van der Waals surface area contributed by atoms with E-state index in [0.29, 0.717) is 23.3 Å². The van der Waals surface area contributed by atoms with Crippen molar-refractivity contribution >= 4 is 40.7 Å². The van der Waals surface area contributed by atoms with Crippen molar-refractivity contribution < 1.29 is 9.59 Å². The van der Waals surface area contributed by atoms with E-state index in [1.807, 2.05) is 78.9 Å². The van der Waals surface area contributed by atoms with Crippen LogP contribution in [-0.4, -0.2) is 21.4 Å². The summed E-state index contributed by atoms with van der Waals surface area (Å²) in [6.45, 7) is 8.62. The molecule has 0 radical (unpaired) electrons. The Balaban J connectivity index is 1.38. The minimum absolute atomic E-state index is 0.201. The smallest absolute Gasteiger partial charge is 0.256 e. The summed E-state index contributed by atoms with van der Waals surface area (Å²) in [5, 5.41) is 2.93. The molecule has 42 heavy (non-hydrogen) atoms. The first-order valence-corrected chi connectivity index (χ1v) is 14.3. The highest BCUT2D eigenvalue weighted by Gasteiger charge is 2.17. The molecule has 0 atom stereocenters. The van der Waals surface area contributed by atoms with E-state index < -0.39 is 0 Å². The third kappa shape index (κ3) is 6.64. The molecule has 210 valence electrons. The zero-order valence-corrected chi connectivity index (χ0v) is 24.4. The monoisotopic (exact) mass is 553 g/mol. The molecule has 4 aromatic carbocycles. The van der Waals surface area contributed by atoms with Crippen LogP contribution in [-0.2, 0) is 4.79 Å². The van der Waals surface area contributed by atoms with Crippen LogP contribution in [0.4, 0.5) is 5.69 Å². The lowest BCUT2D eigenvalue weighted by Gasteiger charge is -2.08. The fourth-order valence-electron chi connectivity index (χ4n) is 4.76. The Morgan fingerprint density at radius 2 is 1.31 bits per heavy atom. The molecule has 0 bridgehead atoms. The average Bonchev–Trinajstić information content (AvgIpc) is 3.39. The first-order chi connectivity index (χ1) is 20.3. The topological polar surface area (TPSA) is 64.0 Å². The summed E-state index contributed by atoms with van der Waals surface area (Å²) in [6, 6.07) is 31.4. The number of rotatable bonds is 8. The van der Waals surface area contributed by atoms with Gasteiger partial charge in [0.1, 0.15) is 5.82 Å². The van der Waals surface area contributed by atoms with Crippen LogP contribution in [0.3, 0.4) is 0 Å². The van der Waals surface area contributed by atoms with Gasteiger partial charge in [0.15, 0.2) is 0 Å². The number of carbonyl (C=O) groups is 2. The Morgan fingerprint density at radius 3 is 1.93 bits per heavy atom. The number of fused-ring (bicyclic) bond motifs is 1. The Bertz CT molecular complexity index is 1770. The summed E-state index contributed by atoms with van der Waals surface area (Å²) in [5.74, 6) is 0.976. The van der Waals surface area contributed by atoms with E-state index in [1.54, 1.807) is 16.7 Å². The molecule has 0 aliphatic rings. The molecule has 0 saturated heterocycles. The molecule has 5 aromatic rings. The maximum Gasteiger partial charge on any atom is 0.256 e. The van der Waals surface area contributed by atoms with Crippen LogP contribution in [0, 0.1) is 0 Å². The van der Waals surface area contributed by atoms with Crippen LogP contribution in [0.25, 0.3) is 34.6 Å². The lowest BCUT2D eigenvalue weighted by molar-refractivity contribution is -0.111. The first-order valence-electron chi connectivity index (χ1n) is 14.3. The van der Waals surface area contributed by atoms with Crippen molar-refractivity contribution in [3.05, 3.63) is 131 Å². The number of aromatic nitrogens is 2. The second-order valence-corrected chi connectivity index (χ2v) is 11.0. The number of nitrogens with one attached hydrogen (secondary N) is 1. The van der Waals surface area contributed by atoms with Gasteiger partial charge in [0.2, 0.25) is 5.91 Å². The molecule has 5 rings (SSSR count). The van der Waals surface area contributed by atoms with Gasteiger partial charge in [-0.15, -0.1) is 0 Å². The highest BCUT2D eigenvalue weighted by atomic mass is 16.2. The first kappa shape index (κ1) is 28.5. The minimum atomic E-state index is -0.240. The summed E-state index contributed by atoms with van der Waals surface area (Å²) in [6.07, 6.45) is 6.72. The summed E-state index contributed by atoms with van der Waals surface area (Å²) in [4.78, 5) is 31.1. The average molecular weight is 554 g/mol. The predicted octanol–water partition coefficient (Wildman–Crippen LogP) is 8.96. The number of allylic oxidation sites excluding steroid dienone is 1. The number of para-hydroxylation sites is 2. The van der Waals surface area contributed by atoms with E-state index >= 15 is 0 Å². The van der Waals surface area contributed by atoms with Crippen molar-refractivity contribution in [2.24, 2.45) is 0 Å².